The number of carboxylic acids is 1. The summed E-state index contributed by atoms with van der Waals surface area (Å²) in [7, 11) is 0. The Hall–Kier alpha value is -1.17. The second-order valence-electron chi connectivity index (χ2n) is 2.57. The van der Waals surface area contributed by atoms with Crippen LogP contribution < -0.4 is 5.32 Å². The van der Waals surface area contributed by atoms with Crippen molar-refractivity contribution in [1.82, 2.24) is 9.36 Å². The van der Waals surface area contributed by atoms with E-state index in [1.807, 2.05) is 6.92 Å². The third-order valence-corrected chi connectivity index (χ3v) is 2.18. The summed E-state index contributed by atoms with van der Waals surface area (Å²) >= 11 is 1.18. The molecule has 1 aromatic rings. The van der Waals surface area contributed by atoms with Crippen molar-refractivity contribution in [1.29, 1.82) is 0 Å². The predicted octanol–water partition coefficient (Wildman–Crippen LogP) is 0.985. The molecule has 0 saturated heterocycles. The first-order valence-corrected chi connectivity index (χ1v) is 4.72. The lowest BCUT2D eigenvalue weighted by Crippen LogP contribution is -2.25. The summed E-state index contributed by atoms with van der Waals surface area (Å²) in [6.07, 6.45) is 0.764. The van der Waals surface area contributed by atoms with Gasteiger partial charge in [-0.3, -0.25) is 4.79 Å². The summed E-state index contributed by atoms with van der Waals surface area (Å²) in [5.74, 6) is -0.154. The van der Waals surface area contributed by atoms with Gasteiger partial charge in [0.25, 0.3) is 0 Å². The molecule has 5 nitrogen and oxygen atoms in total. The maximum absolute atomic E-state index is 10.5. The van der Waals surface area contributed by atoms with Gasteiger partial charge in [-0.1, -0.05) is 6.92 Å². The highest BCUT2D eigenvalue weighted by atomic mass is 32.1. The average molecular weight is 201 g/mol. The van der Waals surface area contributed by atoms with Crippen LogP contribution in [0.3, 0.4) is 0 Å². The number of carbonyl (C=O) groups is 1. The van der Waals surface area contributed by atoms with Gasteiger partial charge in [-0.25, -0.2) is 4.98 Å². The second kappa shape index (κ2) is 4.18. The number of carboxylic acid groups (broad SMARTS) is 1. The van der Waals surface area contributed by atoms with Crippen molar-refractivity contribution in [3.05, 3.63) is 5.82 Å². The van der Waals surface area contributed by atoms with Gasteiger partial charge in [0, 0.05) is 18.0 Å². The van der Waals surface area contributed by atoms with Crippen LogP contribution in [0.15, 0.2) is 0 Å². The van der Waals surface area contributed by atoms with Crippen LogP contribution in [0.25, 0.3) is 0 Å². The van der Waals surface area contributed by atoms with E-state index in [0.717, 1.165) is 12.2 Å². The van der Waals surface area contributed by atoms with Gasteiger partial charge in [0.15, 0.2) is 0 Å². The van der Waals surface area contributed by atoms with E-state index < -0.39 is 12.0 Å². The lowest BCUT2D eigenvalue weighted by atomic mass is 10.4. The number of nitrogens with one attached hydrogen (secondary N) is 1. The van der Waals surface area contributed by atoms with Crippen molar-refractivity contribution >= 4 is 22.6 Å². The summed E-state index contributed by atoms with van der Waals surface area (Å²) in [4.78, 5) is 14.6. The molecule has 2 N–H and O–H groups in total. The molecular weight excluding hydrogens is 190 g/mol. The summed E-state index contributed by atoms with van der Waals surface area (Å²) in [5.41, 5.74) is 0. The number of aryl methyl sites for hydroxylation is 1. The van der Waals surface area contributed by atoms with Crippen LogP contribution in [-0.4, -0.2) is 26.5 Å². The Bertz CT molecular complexity index is 300. The van der Waals surface area contributed by atoms with E-state index in [0.29, 0.717) is 5.13 Å². The van der Waals surface area contributed by atoms with Crippen LogP contribution in [0.4, 0.5) is 5.13 Å². The Morgan fingerprint density at radius 2 is 2.46 bits per heavy atom. The Labute approximate surface area is 80.0 Å². The van der Waals surface area contributed by atoms with E-state index in [9.17, 15) is 4.79 Å². The molecule has 0 bridgehead atoms. The van der Waals surface area contributed by atoms with Crippen LogP contribution >= 0.6 is 11.5 Å². The van der Waals surface area contributed by atoms with Crippen molar-refractivity contribution in [2.45, 2.75) is 26.3 Å². The molecule has 0 aliphatic rings. The number of anilines is 1. The maximum atomic E-state index is 10.5. The van der Waals surface area contributed by atoms with Crippen LogP contribution in [0.1, 0.15) is 19.7 Å². The summed E-state index contributed by atoms with van der Waals surface area (Å²) in [6, 6.07) is -0.627. The molecule has 72 valence electrons. The van der Waals surface area contributed by atoms with E-state index >= 15 is 0 Å². The number of aliphatic carboxylic acids is 1. The molecule has 0 saturated carbocycles. The number of hydrogen-bond donors (Lipinski definition) is 2. The molecule has 1 aromatic heterocycles. The predicted molar refractivity (Wildman–Crippen MR) is 50.0 cm³/mol. The molecule has 1 atom stereocenters. The molecule has 0 unspecified atom stereocenters. The van der Waals surface area contributed by atoms with Crippen LogP contribution in [0.5, 0.6) is 0 Å². The van der Waals surface area contributed by atoms with Gasteiger partial charge in [-0.15, -0.1) is 0 Å². The average Bonchev–Trinajstić information content (AvgIpc) is 2.52. The SMILES string of the molecule is CCc1nsc(N[C@H](C)C(=O)O)n1. The Kier molecular flexibility index (Phi) is 3.18. The Morgan fingerprint density at radius 3 is 2.92 bits per heavy atom. The Balaban J connectivity index is 2.58. The molecular formula is C7H11N3O2S. The smallest absolute Gasteiger partial charge is 0.325 e. The van der Waals surface area contributed by atoms with Crippen molar-refractivity contribution in [2.75, 3.05) is 5.32 Å². The van der Waals surface area contributed by atoms with Gasteiger partial charge in [0.2, 0.25) is 5.13 Å². The fourth-order valence-corrected chi connectivity index (χ4v) is 1.44. The first-order chi connectivity index (χ1) is 6.13. The highest BCUT2D eigenvalue weighted by Crippen LogP contribution is 2.12. The highest BCUT2D eigenvalue weighted by Gasteiger charge is 2.12. The molecule has 0 aromatic carbocycles. The third kappa shape index (κ3) is 2.66. The number of hydrogen-bond acceptors (Lipinski definition) is 5. The monoisotopic (exact) mass is 201 g/mol. The van der Waals surface area contributed by atoms with Gasteiger partial charge in [0.05, 0.1) is 0 Å². The second-order valence-corrected chi connectivity index (χ2v) is 3.33. The van der Waals surface area contributed by atoms with Crippen LogP contribution in [0, 0.1) is 0 Å². The van der Waals surface area contributed by atoms with Gasteiger partial charge in [-0.05, 0) is 6.92 Å². The number of aromatic nitrogens is 2. The van der Waals surface area contributed by atoms with E-state index in [2.05, 4.69) is 14.7 Å². The molecule has 1 rings (SSSR count). The minimum atomic E-state index is -0.895. The fraction of sp³-hybridized carbons (Fsp3) is 0.571. The molecule has 0 fully saturated rings. The molecule has 0 aliphatic heterocycles. The summed E-state index contributed by atoms with van der Waals surface area (Å²) in [6.45, 7) is 3.52. The quantitative estimate of drug-likeness (QED) is 0.759. The van der Waals surface area contributed by atoms with E-state index in [-0.39, 0.29) is 0 Å². The van der Waals surface area contributed by atoms with Gasteiger partial charge in [-0.2, -0.15) is 4.37 Å². The largest absolute Gasteiger partial charge is 0.480 e. The molecule has 0 amide bonds. The number of nitrogens with zero attached hydrogens (tertiary/aromatic N) is 2. The minimum Gasteiger partial charge on any atom is -0.480 e. The first-order valence-electron chi connectivity index (χ1n) is 3.95. The maximum Gasteiger partial charge on any atom is 0.325 e. The van der Waals surface area contributed by atoms with E-state index in [1.165, 1.54) is 11.5 Å². The van der Waals surface area contributed by atoms with Crippen molar-refractivity contribution in [3.63, 3.8) is 0 Å². The molecule has 13 heavy (non-hydrogen) atoms. The lowest BCUT2D eigenvalue weighted by Gasteiger charge is -2.05. The van der Waals surface area contributed by atoms with Gasteiger partial charge in [0.1, 0.15) is 11.9 Å². The van der Waals surface area contributed by atoms with Crippen LogP contribution in [0.2, 0.25) is 0 Å². The van der Waals surface area contributed by atoms with Crippen molar-refractivity contribution in [2.24, 2.45) is 0 Å². The zero-order chi connectivity index (χ0) is 9.84. The molecule has 0 radical (unpaired) electrons. The summed E-state index contributed by atoms with van der Waals surface area (Å²) in [5, 5.41) is 11.9. The first kappa shape index (κ1) is 9.91. The molecule has 6 heteroatoms. The van der Waals surface area contributed by atoms with Crippen LogP contribution in [-0.2, 0) is 11.2 Å². The zero-order valence-electron chi connectivity index (χ0n) is 7.44. The zero-order valence-corrected chi connectivity index (χ0v) is 8.26. The Morgan fingerprint density at radius 1 is 1.77 bits per heavy atom. The third-order valence-electron chi connectivity index (χ3n) is 1.49. The van der Waals surface area contributed by atoms with Gasteiger partial charge < -0.3 is 10.4 Å². The van der Waals surface area contributed by atoms with E-state index in [1.54, 1.807) is 6.92 Å². The van der Waals surface area contributed by atoms with Crippen molar-refractivity contribution in [3.8, 4) is 0 Å². The van der Waals surface area contributed by atoms with Crippen molar-refractivity contribution < 1.29 is 9.90 Å². The normalized spacial score (nSPS) is 12.5. The topological polar surface area (TPSA) is 75.1 Å². The molecule has 0 aliphatic carbocycles. The number of rotatable bonds is 4. The highest BCUT2D eigenvalue weighted by molar-refractivity contribution is 7.09. The lowest BCUT2D eigenvalue weighted by molar-refractivity contribution is -0.137. The van der Waals surface area contributed by atoms with Gasteiger partial charge >= 0.3 is 5.97 Å². The molecule has 0 spiro atoms. The van der Waals surface area contributed by atoms with E-state index in [4.69, 9.17) is 5.11 Å². The molecule has 1 heterocycles. The fourth-order valence-electron chi connectivity index (χ4n) is 0.703. The summed E-state index contributed by atoms with van der Waals surface area (Å²) < 4.78 is 4.02. The standard InChI is InChI=1S/C7H11N3O2S/c1-3-5-9-7(13-10-5)8-4(2)6(11)12/h4H,3H2,1-2H3,(H,11,12)(H,8,9,10)/t4-/m1/s1. The minimum absolute atomic E-state index is 0.562.